The maximum absolute atomic E-state index is 12.0. The third-order valence-corrected chi connectivity index (χ3v) is 4.68. The van der Waals surface area contributed by atoms with Gasteiger partial charge >= 0.3 is 0 Å². The highest BCUT2D eigenvalue weighted by Crippen LogP contribution is 2.22. The number of carbonyl (C=O) groups is 1. The Bertz CT molecular complexity index is 737. The number of nitrogens with zero attached hydrogens (tertiary/aromatic N) is 3. The lowest BCUT2D eigenvalue weighted by atomic mass is 10.1. The van der Waals surface area contributed by atoms with E-state index in [0.717, 1.165) is 48.8 Å². The Hall–Kier alpha value is -2.34. The number of hydrogen-bond acceptors (Lipinski definition) is 4. The van der Waals surface area contributed by atoms with Gasteiger partial charge in [0.2, 0.25) is 11.8 Å². The van der Waals surface area contributed by atoms with Crippen molar-refractivity contribution in [2.75, 3.05) is 18.6 Å². The summed E-state index contributed by atoms with van der Waals surface area (Å²) in [6.07, 6.45) is 2.76. The second-order valence-corrected chi connectivity index (χ2v) is 6.47. The Morgan fingerprint density at radius 2 is 1.96 bits per heavy atom. The van der Waals surface area contributed by atoms with Crippen molar-refractivity contribution in [3.05, 3.63) is 41.1 Å². The van der Waals surface area contributed by atoms with Gasteiger partial charge in [-0.3, -0.25) is 4.79 Å². The fourth-order valence-electron chi connectivity index (χ4n) is 3.34. The van der Waals surface area contributed by atoms with Gasteiger partial charge in [-0.1, -0.05) is 12.1 Å². The van der Waals surface area contributed by atoms with E-state index in [-0.39, 0.29) is 5.91 Å². The van der Waals surface area contributed by atoms with Crippen molar-refractivity contribution in [1.82, 2.24) is 15.1 Å². The zero-order valence-electron chi connectivity index (χ0n) is 15.2. The molecule has 1 aromatic heterocycles. The minimum atomic E-state index is 0.233. The van der Waals surface area contributed by atoms with E-state index in [4.69, 9.17) is 4.74 Å². The highest BCUT2D eigenvalue weighted by molar-refractivity contribution is 5.93. The van der Waals surface area contributed by atoms with Gasteiger partial charge in [0, 0.05) is 38.8 Å². The topological polar surface area (TPSA) is 59.4 Å². The third kappa shape index (κ3) is 3.85. The van der Waals surface area contributed by atoms with E-state index in [1.807, 2.05) is 31.0 Å². The zero-order chi connectivity index (χ0) is 17.8. The molecule has 6 nitrogen and oxygen atoms in total. The minimum Gasteiger partial charge on any atom is -0.481 e. The molecular formula is C19H26N4O2. The Kier molecular flexibility index (Phi) is 5.38. The van der Waals surface area contributed by atoms with Crippen molar-refractivity contribution in [2.45, 2.75) is 39.3 Å². The molecule has 0 spiro atoms. The highest BCUT2D eigenvalue weighted by Gasteiger charge is 2.19. The number of ether oxygens (including phenoxy) is 1. The molecule has 0 atom stereocenters. The summed E-state index contributed by atoms with van der Waals surface area (Å²) in [6, 6.07) is 8.24. The number of hydrogen-bond donors (Lipinski definition) is 1. The van der Waals surface area contributed by atoms with Gasteiger partial charge in [0.05, 0.1) is 18.4 Å². The summed E-state index contributed by atoms with van der Waals surface area (Å²) in [5.74, 6) is 1.03. The number of piperidine rings is 1. The van der Waals surface area contributed by atoms with Crippen molar-refractivity contribution < 1.29 is 9.53 Å². The number of benzene rings is 1. The number of aromatic nitrogens is 2. The average molecular weight is 342 g/mol. The SMILES string of the molecule is COc1c(CNCc2ccc(N3CCCCC3=O)cc2)c(C)nn1C. The average Bonchev–Trinajstić information content (AvgIpc) is 2.89. The lowest BCUT2D eigenvalue weighted by molar-refractivity contribution is -0.119. The molecule has 25 heavy (non-hydrogen) atoms. The smallest absolute Gasteiger partial charge is 0.226 e. The molecule has 1 aromatic carbocycles. The van der Waals surface area contributed by atoms with Gasteiger partial charge in [0.15, 0.2) is 0 Å². The van der Waals surface area contributed by atoms with E-state index in [0.29, 0.717) is 13.0 Å². The largest absolute Gasteiger partial charge is 0.481 e. The van der Waals surface area contributed by atoms with Crippen LogP contribution in [0.5, 0.6) is 5.88 Å². The molecule has 1 aliphatic heterocycles. The molecule has 3 rings (SSSR count). The van der Waals surface area contributed by atoms with Crippen LogP contribution in [0.2, 0.25) is 0 Å². The minimum absolute atomic E-state index is 0.233. The third-order valence-electron chi connectivity index (χ3n) is 4.68. The van der Waals surface area contributed by atoms with Crippen molar-refractivity contribution in [3.63, 3.8) is 0 Å². The van der Waals surface area contributed by atoms with E-state index in [2.05, 4.69) is 22.5 Å². The van der Waals surface area contributed by atoms with Crippen LogP contribution < -0.4 is 15.0 Å². The van der Waals surface area contributed by atoms with Crippen LogP contribution in [0.1, 0.15) is 36.1 Å². The zero-order valence-corrected chi connectivity index (χ0v) is 15.2. The van der Waals surface area contributed by atoms with E-state index in [1.54, 1.807) is 11.8 Å². The molecule has 2 aromatic rings. The summed E-state index contributed by atoms with van der Waals surface area (Å²) < 4.78 is 7.18. The van der Waals surface area contributed by atoms with Crippen LogP contribution in [0.3, 0.4) is 0 Å². The Balaban J connectivity index is 1.58. The number of amides is 1. The second kappa shape index (κ2) is 7.70. The first-order valence-corrected chi connectivity index (χ1v) is 8.76. The maximum Gasteiger partial charge on any atom is 0.226 e. The molecule has 0 radical (unpaired) electrons. The number of aryl methyl sites for hydroxylation is 2. The molecular weight excluding hydrogens is 316 g/mol. The molecule has 1 amide bonds. The summed E-state index contributed by atoms with van der Waals surface area (Å²) in [4.78, 5) is 13.9. The van der Waals surface area contributed by atoms with Gasteiger partial charge in [-0.05, 0) is 37.5 Å². The summed E-state index contributed by atoms with van der Waals surface area (Å²) in [5, 5.41) is 7.83. The quantitative estimate of drug-likeness (QED) is 0.876. The van der Waals surface area contributed by atoms with Gasteiger partial charge < -0.3 is 15.0 Å². The normalized spacial score (nSPS) is 14.8. The molecule has 0 bridgehead atoms. The van der Waals surface area contributed by atoms with Crippen LogP contribution in [0.25, 0.3) is 0 Å². The molecule has 0 aliphatic carbocycles. The fraction of sp³-hybridized carbons (Fsp3) is 0.474. The van der Waals surface area contributed by atoms with Crippen LogP contribution in [-0.4, -0.2) is 29.3 Å². The molecule has 2 heterocycles. The summed E-state index contributed by atoms with van der Waals surface area (Å²) in [7, 11) is 3.55. The molecule has 1 aliphatic rings. The number of carbonyl (C=O) groups excluding carboxylic acids is 1. The second-order valence-electron chi connectivity index (χ2n) is 6.47. The van der Waals surface area contributed by atoms with Crippen molar-refractivity contribution in [1.29, 1.82) is 0 Å². The fourth-order valence-corrected chi connectivity index (χ4v) is 3.34. The first-order chi connectivity index (χ1) is 12.1. The van der Waals surface area contributed by atoms with Gasteiger partial charge in [-0.2, -0.15) is 5.10 Å². The molecule has 134 valence electrons. The Labute approximate surface area is 148 Å². The number of anilines is 1. The molecule has 6 heteroatoms. The van der Waals surface area contributed by atoms with Gasteiger partial charge in [0.1, 0.15) is 0 Å². The lowest BCUT2D eigenvalue weighted by Crippen LogP contribution is -2.35. The van der Waals surface area contributed by atoms with Crippen molar-refractivity contribution >= 4 is 11.6 Å². The van der Waals surface area contributed by atoms with Crippen LogP contribution in [0.4, 0.5) is 5.69 Å². The van der Waals surface area contributed by atoms with Crippen LogP contribution >= 0.6 is 0 Å². The molecule has 1 N–H and O–H groups in total. The van der Waals surface area contributed by atoms with Crippen LogP contribution in [-0.2, 0) is 24.9 Å². The van der Waals surface area contributed by atoms with Gasteiger partial charge in [-0.25, -0.2) is 4.68 Å². The summed E-state index contributed by atoms with van der Waals surface area (Å²) >= 11 is 0. The van der Waals surface area contributed by atoms with E-state index in [1.165, 1.54) is 5.56 Å². The number of nitrogens with one attached hydrogen (secondary N) is 1. The first kappa shape index (κ1) is 17.5. The maximum atomic E-state index is 12.0. The Morgan fingerprint density at radius 3 is 2.64 bits per heavy atom. The van der Waals surface area contributed by atoms with Crippen molar-refractivity contribution in [2.24, 2.45) is 7.05 Å². The van der Waals surface area contributed by atoms with Crippen LogP contribution in [0, 0.1) is 6.92 Å². The van der Waals surface area contributed by atoms with Crippen LogP contribution in [0.15, 0.2) is 24.3 Å². The summed E-state index contributed by atoms with van der Waals surface area (Å²) in [5.41, 5.74) is 4.25. The van der Waals surface area contributed by atoms with Gasteiger partial charge in [-0.15, -0.1) is 0 Å². The van der Waals surface area contributed by atoms with E-state index >= 15 is 0 Å². The highest BCUT2D eigenvalue weighted by atomic mass is 16.5. The molecule has 1 saturated heterocycles. The predicted octanol–water partition coefficient (Wildman–Crippen LogP) is 2.54. The Morgan fingerprint density at radius 1 is 1.20 bits per heavy atom. The number of methoxy groups -OCH3 is 1. The van der Waals surface area contributed by atoms with Gasteiger partial charge in [0.25, 0.3) is 0 Å². The molecule has 0 saturated carbocycles. The molecule has 1 fully saturated rings. The molecule has 0 unspecified atom stereocenters. The van der Waals surface area contributed by atoms with E-state index < -0.39 is 0 Å². The monoisotopic (exact) mass is 342 g/mol. The summed E-state index contributed by atoms with van der Waals surface area (Å²) in [6.45, 7) is 4.28. The van der Waals surface area contributed by atoms with E-state index in [9.17, 15) is 4.79 Å². The predicted molar refractivity (Wildman–Crippen MR) is 97.7 cm³/mol. The lowest BCUT2D eigenvalue weighted by Gasteiger charge is -2.26. The number of rotatable bonds is 6. The standard InChI is InChI=1S/C19H26N4O2/c1-14-17(19(25-3)22(2)21-14)13-20-12-15-7-9-16(10-8-15)23-11-5-4-6-18(23)24/h7-10,20H,4-6,11-13H2,1-3H3. The van der Waals surface area contributed by atoms with Crippen molar-refractivity contribution in [3.8, 4) is 5.88 Å². The first-order valence-electron chi connectivity index (χ1n) is 8.76.